The summed E-state index contributed by atoms with van der Waals surface area (Å²) in [4.78, 5) is 5.23. The van der Waals surface area contributed by atoms with Gasteiger partial charge in [0.25, 0.3) is 0 Å². The maximum absolute atomic E-state index is 11.0. The molecule has 2 saturated heterocycles. The lowest BCUT2D eigenvalue weighted by Gasteiger charge is -2.39. The Hall–Kier alpha value is -1.98. The lowest BCUT2D eigenvalue weighted by Crippen LogP contribution is -2.46. The van der Waals surface area contributed by atoms with Crippen molar-refractivity contribution in [1.29, 1.82) is 0 Å². The van der Waals surface area contributed by atoms with E-state index < -0.39 is 5.60 Å². The molecule has 2 aliphatic heterocycles. The van der Waals surface area contributed by atoms with Crippen molar-refractivity contribution in [2.45, 2.75) is 57.6 Å². The van der Waals surface area contributed by atoms with Gasteiger partial charge in [-0.1, -0.05) is 66.7 Å². The highest BCUT2D eigenvalue weighted by Gasteiger charge is 2.33. The van der Waals surface area contributed by atoms with E-state index in [-0.39, 0.29) is 0 Å². The van der Waals surface area contributed by atoms with Crippen LogP contribution in [0.5, 0.6) is 0 Å². The van der Waals surface area contributed by atoms with E-state index in [2.05, 4.69) is 71.3 Å². The molecule has 3 aromatic rings. The first-order chi connectivity index (χ1) is 17.1. The number of thiophene rings is 1. The maximum atomic E-state index is 11.0. The van der Waals surface area contributed by atoms with Crippen LogP contribution in [0.15, 0.2) is 77.5 Å². The molecule has 1 unspecified atom stereocenters. The molecule has 188 valence electrons. The minimum absolute atomic E-state index is 0.447. The molecule has 0 spiro atoms. The van der Waals surface area contributed by atoms with E-state index in [4.69, 9.17) is 0 Å². The van der Waals surface area contributed by atoms with Crippen molar-refractivity contribution in [1.82, 2.24) is 9.80 Å². The Morgan fingerprint density at radius 2 is 1.60 bits per heavy atom. The molecule has 0 aliphatic carbocycles. The van der Waals surface area contributed by atoms with Gasteiger partial charge in [-0.15, -0.1) is 0 Å². The van der Waals surface area contributed by atoms with Gasteiger partial charge in [0.1, 0.15) is 0 Å². The van der Waals surface area contributed by atoms with Crippen LogP contribution in [-0.2, 0) is 13.0 Å². The van der Waals surface area contributed by atoms with Crippen molar-refractivity contribution in [2.24, 2.45) is 5.92 Å². The summed E-state index contributed by atoms with van der Waals surface area (Å²) >= 11 is 1.71. The largest absolute Gasteiger partial charge is 0.390 e. The molecule has 0 amide bonds. The lowest BCUT2D eigenvalue weighted by atomic mass is 9.85. The van der Waals surface area contributed by atoms with Crippen LogP contribution in [0.2, 0.25) is 0 Å². The van der Waals surface area contributed by atoms with Crippen molar-refractivity contribution in [3.63, 3.8) is 0 Å². The van der Waals surface area contributed by atoms with E-state index in [1.54, 1.807) is 11.3 Å². The number of aliphatic hydroxyl groups is 1. The zero-order valence-corrected chi connectivity index (χ0v) is 22.1. The van der Waals surface area contributed by atoms with Crippen molar-refractivity contribution in [2.75, 3.05) is 32.7 Å². The Labute approximate surface area is 216 Å². The number of rotatable bonds is 8. The topological polar surface area (TPSA) is 26.7 Å². The minimum atomic E-state index is -0.447. The first-order valence-corrected chi connectivity index (χ1v) is 14.3. The van der Waals surface area contributed by atoms with Gasteiger partial charge >= 0.3 is 0 Å². The van der Waals surface area contributed by atoms with Gasteiger partial charge in [0.2, 0.25) is 0 Å². The molecule has 4 heteroatoms. The molecule has 2 aliphatic rings. The molecule has 1 atom stereocenters. The molecule has 0 bridgehead atoms. The Balaban J connectivity index is 0.000000514. The Morgan fingerprint density at radius 3 is 2.29 bits per heavy atom. The van der Waals surface area contributed by atoms with Crippen molar-refractivity contribution in [3.05, 3.63) is 94.2 Å². The zero-order chi connectivity index (χ0) is 24.3. The molecule has 3 heterocycles. The number of piperidine rings is 1. The first-order valence-electron chi connectivity index (χ1n) is 13.3. The fourth-order valence-electron chi connectivity index (χ4n) is 5.49. The standard InChI is InChI=1S/C27H38N2O.C4H4S/c1-23-8-5-6-12-26(23)22-29-17-13-25(21-29)20-28-18-15-27(30,16-19-28)14-7-11-24-9-3-2-4-10-24;1-2-4-5-3-1/h2-6,8-10,12,25,30H,7,11,13-22H2,1H3;1-4H. The van der Waals surface area contributed by atoms with Gasteiger partial charge in [-0.05, 0) is 85.4 Å². The van der Waals surface area contributed by atoms with E-state index in [9.17, 15) is 5.11 Å². The van der Waals surface area contributed by atoms with Gasteiger partial charge in [0.05, 0.1) is 5.60 Å². The molecule has 0 saturated carbocycles. The van der Waals surface area contributed by atoms with Gasteiger partial charge in [-0.3, -0.25) is 4.90 Å². The minimum Gasteiger partial charge on any atom is -0.390 e. The monoisotopic (exact) mass is 490 g/mol. The second kappa shape index (κ2) is 13.4. The average Bonchev–Trinajstić information content (AvgIpc) is 3.59. The third kappa shape index (κ3) is 8.57. The maximum Gasteiger partial charge on any atom is 0.0672 e. The van der Waals surface area contributed by atoms with Crippen LogP contribution in [0, 0.1) is 12.8 Å². The van der Waals surface area contributed by atoms with E-state index in [0.29, 0.717) is 0 Å². The van der Waals surface area contributed by atoms with Crippen LogP contribution in [0.25, 0.3) is 0 Å². The molecular weight excluding hydrogens is 448 g/mol. The van der Waals surface area contributed by atoms with Crippen LogP contribution >= 0.6 is 11.3 Å². The summed E-state index contributed by atoms with van der Waals surface area (Å²) in [5, 5.41) is 15.1. The predicted molar refractivity (Wildman–Crippen MR) is 149 cm³/mol. The fraction of sp³-hybridized carbons (Fsp3) is 0.484. The van der Waals surface area contributed by atoms with Crippen molar-refractivity contribution < 1.29 is 5.11 Å². The highest BCUT2D eigenvalue weighted by molar-refractivity contribution is 7.07. The highest BCUT2D eigenvalue weighted by atomic mass is 32.1. The second-order valence-corrected chi connectivity index (χ2v) is 11.3. The van der Waals surface area contributed by atoms with Gasteiger partial charge in [0.15, 0.2) is 0 Å². The first kappa shape index (κ1) is 26.1. The highest BCUT2D eigenvalue weighted by Crippen LogP contribution is 2.29. The number of likely N-dealkylation sites (tertiary alicyclic amines) is 2. The quantitative estimate of drug-likeness (QED) is 0.395. The summed E-state index contributed by atoms with van der Waals surface area (Å²) in [6.45, 7) is 9.04. The van der Waals surface area contributed by atoms with Crippen LogP contribution in [-0.4, -0.2) is 53.2 Å². The normalized spacial score (nSPS) is 20.3. The summed E-state index contributed by atoms with van der Waals surface area (Å²) in [5.74, 6) is 0.776. The van der Waals surface area contributed by atoms with Crippen LogP contribution in [0.3, 0.4) is 0 Å². The third-order valence-electron chi connectivity index (χ3n) is 7.70. The number of aryl methyl sites for hydroxylation is 2. The van der Waals surface area contributed by atoms with E-state index >= 15 is 0 Å². The molecule has 5 rings (SSSR count). The smallest absolute Gasteiger partial charge is 0.0672 e. The summed E-state index contributed by atoms with van der Waals surface area (Å²) in [7, 11) is 0. The molecule has 1 aromatic heterocycles. The Bertz CT molecular complexity index is 949. The predicted octanol–water partition coefficient (Wildman–Crippen LogP) is 6.41. The molecule has 3 nitrogen and oxygen atoms in total. The summed E-state index contributed by atoms with van der Waals surface area (Å²) in [6.07, 6.45) is 6.26. The molecule has 2 aromatic carbocycles. The molecule has 1 N–H and O–H groups in total. The van der Waals surface area contributed by atoms with E-state index in [1.807, 2.05) is 22.9 Å². The summed E-state index contributed by atoms with van der Waals surface area (Å²) in [6, 6.07) is 23.5. The Morgan fingerprint density at radius 1 is 0.886 bits per heavy atom. The van der Waals surface area contributed by atoms with Crippen LogP contribution < -0.4 is 0 Å². The van der Waals surface area contributed by atoms with Crippen molar-refractivity contribution in [3.8, 4) is 0 Å². The van der Waals surface area contributed by atoms with Gasteiger partial charge in [-0.2, -0.15) is 11.3 Å². The summed E-state index contributed by atoms with van der Waals surface area (Å²) in [5.41, 5.74) is 3.81. The third-order valence-corrected chi connectivity index (χ3v) is 8.33. The van der Waals surface area contributed by atoms with Gasteiger partial charge < -0.3 is 10.0 Å². The zero-order valence-electron chi connectivity index (χ0n) is 21.3. The number of hydrogen-bond acceptors (Lipinski definition) is 4. The van der Waals surface area contributed by atoms with Gasteiger partial charge in [0, 0.05) is 32.7 Å². The second-order valence-electron chi connectivity index (χ2n) is 10.5. The molecular formula is C31H42N2OS. The number of benzene rings is 2. The van der Waals surface area contributed by atoms with E-state index in [0.717, 1.165) is 57.7 Å². The summed E-state index contributed by atoms with van der Waals surface area (Å²) < 4.78 is 0. The van der Waals surface area contributed by atoms with Crippen LogP contribution in [0.1, 0.15) is 48.8 Å². The van der Waals surface area contributed by atoms with Crippen LogP contribution in [0.4, 0.5) is 0 Å². The molecule has 2 fully saturated rings. The van der Waals surface area contributed by atoms with Crippen molar-refractivity contribution >= 4 is 11.3 Å². The molecule has 35 heavy (non-hydrogen) atoms. The molecule has 0 radical (unpaired) electrons. The average molecular weight is 491 g/mol. The SMILES string of the molecule is Cc1ccccc1CN1CCC(CN2CCC(O)(CCCc3ccccc3)CC2)C1.c1ccsc1. The Kier molecular flexibility index (Phi) is 9.96. The lowest BCUT2D eigenvalue weighted by molar-refractivity contribution is -0.0313. The number of hydrogen-bond donors (Lipinski definition) is 1. The number of nitrogens with zero attached hydrogens (tertiary/aromatic N) is 2. The van der Waals surface area contributed by atoms with E-state index in [1.165, 1.54) is 42.7 Å². The van der Waals surface area contributed by atoms with Gasteiger partial charge in [-0.25, -0.2) is 0 Å². The fourth-order valence-corrected chi connectivity index (χ4v) is 5.95.